The van der Waals surface area contributed by atoms with Crippen molar-refractivity contribution in [3.63, 3.8) is 0 Å². The maximum absolute atomic E-state index is 12.7. The second-order valence-corrected chi connectivity index (χ2v) is 7.54. The van der Waals surface area contributed by atoms with Crippen LogP contribution in [-0.4, -0.2) is 51.7 Å². The first kappa shape index (κ1) is 21.4. The molecule has 2 atom stereocenters. The second-order valence-electron chi connectivity index (χ2n) is 7.54. The van der Waals surface area contributed by atoms with Crippen LogP contribution in [0.5, 0.6) is 0 Å². The second kappa shape index (κ2) is 8.60. The molecule has 10 heteroatoms. The highest BCUT2D eigenvalue weighted by atomic mass is 16.6. The van der Waals surface area contributed by atoms with Crippen LogP contribution in [0, 0.1) is 10.1 Å². The Morgan fingerprint density at radius 3 is 2.47 bits per heavy atom. The lowest BCUT2D eigenvalue weighted by Crippen LogP contribution is -2.47. The number of nitro benzene ring substituents is 1. The number of esters is 1. The van der Waals surface area contributed by atoms with Crippen LogP contribution >= 0.6 is 0 Å². The number of imide groups is 1. The van der Waals surface area contributed by atoms with Crippen molar-refractivity contribution in [3.8, 4) is 0 Å². The molecule has 1 heterocycles. The van der Waals surface area contributed by atoms with E-state index < -0.39 is 46.4 Å². The molecule has 0 saturated heterocycles. The van der Waals surface area contributed by atoms with E-state index in [4.69, 9.17) is 4.74 Å². The van der Waals surface area contributed by atoms with Crippen LogP contribution in [0.3, 0.4) is 0 Å². The molecule has 30 heavy (non-hydrogen) atoms. The molecular weight excluding hydrogens is 394 g/mol. The minimum Gasteiger partial charge on any atom is -0.451 e. The quantitative estimate of drug-likeness (QED) is 0.323. The van der Waals surface area contributed by atoms with Gasteiger partial charge in [0, 0.05) is 12.1 Å². The summed E-state index contributed by atoms with van der Waals surface area (Å²) >= 11 is 0. The number of amides is 3. The number of benzene rings is 1. The van der Waals surface area contributed by atoms with Crippen molar-refractivity contribution in [1.82, 2.24) is 10.2 Å². The van der Waals surface area contributed by atoms with Gasteiger partial charge in [-0.15, -0.1) is 0 Å². The summed E-state index contributed by atoms with van der Waals surface area (Å²) in [6.45, 7) is 2.69. The topological polar surface area (TPSA) is 136 Å². The first-order valence-electron chi connectivity index (χ1n) is 9.88. The van der Waals surface area contributed by atoms with Gasteiger partial charge in [0.2, 0.25) is 0 Å². The van der Waals surface area contributed by atoms with Gasteiger partial charge in [0.05, 0.1) is 10.5 Å². The van der Waals surface area contributed by atoms with Crippen LogP contribution in [0.25, 0.3) is 0 Å². The minimum absolute atomic E-state index is 0.0432. The lowest BCUT2D eigenvalue weighted by atomic mass is 9.95. The summed E-state index contributed by atoms with van der Waals surface area (Å²) in [4.78, 5) is 61.2. The van der Waals surface area contributed by atoms with Crippen molar-refractivity contribution < 1.29 is 28.8 Å². The van der Waals surface area contributed by atoms with Gasteiger partial charge in [-0.2, -0.15) is 0 Å². The van der Waals surface area contributed by atoms with Gasteiger partial charge >= 0.3 is 5.97 Å². The van der Waals surface area contributed by atoms with Gasteiger partial charge in [0.1, 0.15) is 11.6 Å². The highest BCUT2D eigenvalue weighted by Gasteiger charge is 2.45. The van der Waals surface area contributed by atoms with E-state index in [0.717, 1.165) is 38.2 Å². The summed E-state index contributed by atoms with van der Waals surface area (Å²) < 4.78 is 5.17. The molecule has 0 aromatic heterocycles. The number of rotatable bonds is 6. The molecule has 1 aromatic carbocycles. The van der Waals surface area contributed by atoms with Gasteiger partial charge in [-0.3, -0.25) is 29.4 Å². The summed E-state index contributed by atoms with van der Waals surface area (Å²) in [7, 11) is 0. The van der Waals surface area contributed by atoms with Gasteiger partial charge in [-0.1, -0.05) is 25.3 Å². The van der Waals surface area contributed by atoms with E-state index in [-0.39, 0.29) is 17.2 Å². The molecule has 1 aliphatic heterocycles. The highest BCUT2D eigenvalue weighted by molar-refractivity contribution is 6.24. The fourth-order valence-corrected chi connectivity index (χ4v) is 3.79. The Hall–Kier alpha value is -3.30. The number of carbonyl (C=O) groups excluding carboxylic acids is 4. The van der Waals surface area contributed by atoms with Gasteiger partial charge in [0.15, 0.2) is 6.10 Å². The number of ether oxygens (including phenoxy) is 1. The Kier molecular flexibility index (Phi) is 6.14. The van der Waals surface area contributed by atoms with Crippen LogP contribution in [0.1, 0.15) is 66.7 Å². The summed E-state index contributed by atoms with van der Waals surface area (Å²) in [5.74, 6) is -3.15. The smallest absolute Gasteiger partial charge is 0.329 e. The number of nitrogens with zero attached hydrogens (tertiary/aromatic N) is 2. The number of hydrogen-bond acceptors (Lipinski definition) is 7. The van der Waals surface area contributed by atoms with Crippen LogP contribution in [0.4, 0.5) is 5.69 Å². The van der Waals surface area contributed by atoms with E-state index in [1.807, 2.05) is 0 Å². The summed E-state index contributed by atoms with van der Waals surface area (Å²) in [6, 6.07) is 2.41. The Bertz CT molecular complexity index is 908. The van der Waals surface area contributed by atoms with Gasteiger partial charge in [0.25, 0.3) is 23.4 Å². The number of fused-ring (bicyclic) bond motifs is 1. The lowest BCUT2D eigenvalue weighted by molar-refractivity contribution is -0.385. The van der Waals surface area contributed by atoms with Crippen molar-refractivity contribution in [2.24, 2.45) is 0 Å². The lowest BCUT2D eigenvalue weighted by Gasteiger charge is -2.26. The maximum atomic E-state index is 12.7. The van der Waals surface area contributed by atoms with Gasteiger partial charge in [-0.25, -0.2) is 4.79 Å². The van der Waals surface area contributed by atoms with Crippen LogP contribution < -0.4 is 5.32 Å². The molecule has 3 rings (SSSR count). The molecule has 10 nitrogen and oxygen atoms in total. The Morgan fingerprint density at radius 1 is 1.17 bits per heavy atom. The number of nitro groups is 1. The van der Waals surface area contributed by atoms with Crippen molar-refractivity contribution >= 4 is 29.4 Å². The SMILES string of the molecule is C[C@H](OC(=O)[C@@H](C)N1C(=O)c2cccc([N+](=O)[O-])c2C1=O)C(=O)NC1CCCCC1. The third-order valence-corrected chi connectivity index (χ3v) is 5.46. The third-order valence-electron chi connectivity index (χ3n) is 5.46. The van der Waals surface area contributed by atoms with Gasteiger partial charge < -0.3 is 10.1 Å². The number of hydrogen-bond donors (Lipinski definition) is 1. The van der Waals surface area contributed by atoms with Crippen LogP contribution in [0.2, 0.25) is 0 Å². The zero-order valence-electron chi connectivity index (χ0n) is 16.8. The molecule has 1 N–H and O–H groups in total. The summed E-state index contributed by atoms with van der Waals surface area (Å²) in [5.41, 5.74) is -0.999. The zero-order chi connectivity index (χ0) is 22.0. The predicted molar refractivity (Wildman–Crippen MR) is 104 cm³/mol. The molecule has 0 unspecified atom stereocenters. The predicted octanol–water partition coefficient (Wildman–Crippen LogP) is 1.96. The normalized spacial score (nSPS) is 18.5. The van der Waals surface area contributed by atoms with E-state index in [2.05, 4.69) is 5.32 Å². The van der Waals surface area contributed by atoms with Crippen molar-refractivity contribution in [3.05, 3.63) is 39.4 Å². The molecule has 1 aliphatic carbocycles. The minimum atomic E-state index is -1.35. The summed E-state index contributed by atoms with van der Waals surface area (Å²) in [6.07, 6.45) is 3.83. The van der Waals surface area contributed by atoms with E-state index in [1.165, 1.54) is 26.0 Å². The maximum Gasteiger partial charge on any atom is 0.329 e. The molecule has 0 bridgehead atoms. The van der Waals surface area contributed by atoms with Crippen molar-refractivity contribution in [2.75, 3.05) is 0 Å². The van der Waals surface area contributed by atoms with E-state index in [0.29, 0.717) is 4.90 Å². The van der Waals surface area contributed by atoms with E-state index in [9.17, 15) is 29.3 Å². The largest absolute Gasteiger partial charge is 0.451 e. The van der Waals surface area contributed by atoms with Crippen LogP contribution in [0.15, 0.2) is 18.2 Å². The molecule has 1 fully saturated rings. The number of nitrogens with one attached hydrogen (secondary N) is 1. The third kappa shape index (κ3) is 4.03. The first-order chi connectivity index (χ1) is 14.2. The van der Waals surface area contributed by atoms with Crippen LogP contribution in [-0.2, 0) is 14.3 Å². The molecule has 1 aromatic rings. The highest BCUT2D eigenvalue weighted by Crippen LogP contribution is 2.32. The van der Waals surface area contributed by atoms with Crippen molar-refractivity contribution in [1.29, 1.82) is 0 Å². The molecule has 1 saturated carbocycles. The Morgan fingerprint density at radius 2 is 1.83 bits per heavy atom. The Labute approximate surface area is 172 Å². The molecule has 0 radical (unpaired) electrons. The molecular formula is C20H23N3O7. The molecule has 3 amide bonds. The number of carbonyl (C=O) groups is 4. The molecule has 0 spiro atoms. The Balaban J connectivity index is 1.68. The van der Waals surface area contributed by atoms with Crippen molar-refractivity contribution in [2.45, 2.75) is 64.1 Å². The zero-order valence-corrected chi connectivity index (χ0v) is 16.8. The average molecular weight is 417 g/mol. The fraction of sp³-hybridized carbons (Fsp3) is 0.500. The monoisotopic (exact) mass is 417 g/mol. The standard InChI is InChI=1S/C20H23N3O7/c1-11(20(27)30-12(2)17(24)21-13-7-4-3-5-8-13)22-18(25)14-9-6-10-15(23(28)29)16(14)19(22)26/h6,9-13H,3-5,7-8H2,1-2H3,(H,21,24)/t11-,12+/m1/s1. The first-order valence-corrected chi connectivity index (χ1v) is 9.88. The summed E-state index contributed by atoms with van der Waals surface area (Å²) in [5, 5.41) is 14.0. The van der Waals surface area contributed by atoms with E-state index >= 15 is 0 Å². The molecule has 160 valence electrons. The fourth-order valence-electron chi connectivity index (χ4n) is 3.79. The average Bonchev–Trinajstić information content (AvgIpc) is 2.98. The van der Waals surface area contributed by atoms with E-state index in [1.54, 1.807) is 0 Å². The van der Waals surface area contributed by atoms with Gasteiger partial charge in [-0.05, 0) is 32.8 Å². The molecule has 2 aliphatic rings.